The Bertz CT molecular complexity index is 999. The molecule has 0 unspecified atom stereocenters. The van der Waals surface area contributed by atoms with Gasteiger partial charge in [-0.1, -0.05) is 18.1 Å². The number of hydrogen-bond donors (Lipinski definition) is 2. The van der Waals surface area contributed by atoms with Crippen LogP contribution in [0.4, 0.5) is 0 Å². The van der Waals surface area contributed by atoms with Gasteiger partial charge in [-0.2, -0.15) is 0 Å². The van der Waals surface area contributed by atoms with E-state index in [4.69, 9.17) is 4.74 Å². The molecule has 0 bridgehead atoms. The minimum atomic E-state index is -0.751. The van der Waals surface area contributed by atoms with Crippen molar-refractivity contribution in [2.75, 3.05) is 0 Å². The minimum Gasteiger partial charge on any atom is -0.489 e. The van der Waals surface area contributed by atoms with Crippen LogP contribution in [0.15, 0.2) is 12.1 Å². The number of aliphatic carboxylic acids is 1. The van der Waals surface area contributed by atoms with Gasteiger partial charge in [-0.3, -0.25) is 9.59 Å². The number of carboxylic acids is 1. The zero-order valence-electron chi connectivity index (χ0n) is 19.4. The van der Waals surface area contributed by atoms with Gasteiger partial charge in [0, 0.05) is 13.5 Å². The summed E-state index contributed by atoms with van der Waals surface area (Å²) in [5, 5.41) is 20.7. The number of rotatable bonds is 8. The molecule has 2 N–H and O–H groups in total. The molecule has 0 radical (unpaired) electrons. The van der Waals surface area contributed by atoms with E-state index < -0.39 is 5.97 Å². The van der Waals surface area contributed by atoms with E-state index >= 15 is 0 Å². The lowest BCUT2D eigenvalue weighted by Gasteiger charge is -2.27. The summed E-state index contributed by atoms with van der Waals surface area (Å²) in [6.07, 6.45) is 8.11. The molecule has 1 amide bonds. The van der Waals surface area contributed by atoms with E-state index in [-0.39, 0.29) is 17.9 Å². The summed E-state index contributed by atoms with van der Waals surface area (Å²) < 4.78 is 7.78. The van der Waals surface area contributed by atoms with Crippen molar-refractivity contribution in [1.82, 2.24) is 25.3 Å². The van der Waals surface area contributed by atoms with E-state index in [1.807, 2.05) is 19.1 Å². The number of carbonyl (C=O) groups excluding carboxylic acids is 1. The largest absolute Gasteiger partial charge is 0.489 e. The van der Waals surface area contributed by atoms with Gasteiger partial charge in [-0.05, 0) is 63.5 Å². The Hall–Kier alpha value is -2.97. The molecule has 2 aliphatic rings. The Morgan fingerprint density at radius 2 is 1.97 bits per heavy atom. The molecular formula is C24H33N5O4. The highest BCUT2D eigenvalue weighted by atomic mass is 16.5. The fourth-order valence-electron chi connectivity index (χ4n) is 4.97. The second-order valence-corrected chi connectivity index (χ2v) is 9.36. The van der Waals surface area contributed by atoms with Crippen molar-refractivity contribution < 1.29 is 19.4 Å². The van der Waals surface area contributed by atoms with Gasteiger partial charge in [0.1, 0.15) is 11.4 Å². The lowest BCUT2D eigenvalue weighted by atomic mass is 9.87. The van der Waals surface area contributed by atoms with Crippen LogP contribution in [-0.4, -0.2) is 43.1 Å². The van der Waals surface area contributed by atoms with Crippen LogP contribution in [-0.2, 0) is 23.2 Å². The van der Waals surface area contributed by atoms with Crippen molar-refractivity contribution in [3.63, 3.8) is 0 Å². The SMILES string of the molecule is Cc1nc(-c2nnn(C)c2CNC(=O)CC2CCCC2)ccc1O[C@H]1CCC[C@H](C(=O)O)C1. The molecule has 2 aromatic heterocycles. The number of carbonyl (C=O) groups is 2. The summed E-state index contributed by atoms with van der Waals surface area (Å²) >= 11 is 0. The van der Waals surface area contributed by atoms with Crippen molar-refractivity contribution in [2.24, 2.45) is 18.9 Å². The molecule has 2 aromatic rings. The predicted octanol–water partition coefficient (Wildman–Crippen LogP) is 3.40. The van der Waals surface area contributed by atoms with Gasteiger partial charge in [-0.25, -0.2) is 9.67 Å². The van der Waals surface area contributed by atoms with Crippen LogP contribution in [0.2, 0.25) is 0 Å². The van der Waals surface area contributed by atoms with Crippen LogP contribution >= 0.6 is 0 Å². The lowest BCUT2D eigenvalue weighted by Crippen LogP contribution is -2.29. The van der Waals surface area contributed by atoms with E-state index in [9.17, 15) is 14.7 Å². The smallest absolute Gasteiger partial charge is 0.306 e. The van der Waals surface area contributed by atoms with Gasteiger partial charge in [0.15, 0.2) is 0 Å². The van der Waals surface area contributed by atoms with Gasteiger partial charge in [0.05, 0.1) is 35.6 Å². The number of pyridine rings is 1. The predicted molar refractivity (Wildman–Crippen MR) is 121 cm³/mol. The van der Waals surface area contributed by atoms with Gasteiger partial charge >= 0.3 is 5.97 Å². The average molecular weight is 456 g/mol. The zero-order chi connectivity index (χ0) is 23.4. The standard InChI is InChI=1S/C24H33N5O4/c1-15-21(33-18-9-5-8-17(13-18)24(31)32)11-10-19(26-15)23-20(29(2)28-27-23)14-25-22(30)12-16-6-3-4-7-16/h10-11,16-18H,3-9,12-14H2,1-2H3,(H,25,30)(H,31,32)/t17-,18-/m0/s1. The maximum atomic E-state index is 12.4. The molecule has 2 aliphatic carbocycles. The first-order chi connectivity index (χ1) is 15.9. The molecule has 178 valence electrons. The summed E-state index contributed by atoms with van der Waals surface area (Å²) in [7, 11) is 1.81. The molecule has 2 fully saturated rings. The third-order valence-electron chi connectivity index (χ3n) is 6.89. The van der Waals surface area contributed by atoms with E-state index in [0.717, 1.165) is 31.4 Å². The second-order valence-electron chi connectivity index (χ2n) is 9.36. The zero-order valence-corrected chi connectivity index (χ0v) is 19.4. The summed E-state index contributed by atoms with van der Waals surface area (Å²) in [5.41, 5.74) is 2.82. The fourth-order valence-corrected chi connectivity index (χ4v) is 4.97. The first-order valence-electron chi connectivity index (χ1n) is 11.9. The topological polar surface area (TPSA) is 119 Å². The van der Waals surface area contributed by atoms with E-state index in [0.29, 0.717) is 54.6 Å². The summed E-state index contributed by atoms with van der Waals surface area (Å²) in [5.74, 6) is 0.126. The first kappa shape index (κ1) is 23.2. The second kappa shape index (κ2) is 10.3. The van der Waals surface area contributed by atoms with E-state index in [1.165, 1.54) is 12.8 Å². The van der Waals surface area contributed by atoms with Gasteiger partial charge in [-0.15, -0.1) is 5.10 Å². The van der Waals surface area contributed by atoms with E-state index in [1.54, 1.807) is 11.7 Å². The highest BCUT2D eigenvalue weighted by molar-refractivity contribution is 5.76. The molecule has 9 heteroatoms. The molecule has 0 aliphatic heterocycles. The highest BCUT2D eigenvalue weighted by Gasteiger charge is 2.28. The Labute approximate surface area is 193 Å². The number of nitrogens with one attached hydrogen (secondary N) is 1. The molecule has 0 spiro atoms. The maximum absolute atomic E-state index is 12.4. The summed E-state index contributed by atoms with van der Waals surface area (Å²) in [6, 6.07) is 3.70. The average Bonchev–Trinajstić information content (AvgIpc) is 3.43. The molecule has 0 aromatic carbocycles. The van der Waals surface area contributed by atoms with Crippen molar-refractivity contribution >= 4 is 11.9 Å². The molecule has 0 saturated heterocycles. The van der Waals surface area contributed by atoms with Crippen LogP contribution in [0.1, 0.15) is 69.2 Å². The number of carboxylic acid groups (broad SMARTS) is 1. The van der Waals surface area contributed by atoms with Crippen molar-refractivity contribution in [2.45, 2.75) is 77.4 Å². The Morgan fingerprint density at radius 3 is 2.70 bits per heavy atom. The molecule has 4 rings (SSSR count). The Kier molecular flexibility index (Phi) is 7.25. The third kappa shape index (κ3) is 5.69. The van der Waals surface area contributed by atoms with Crippen molar-refractivity contribution in [1.29, 1.82) is 0 Å². The van der Waals surface area contributed by atoms with E-state index in [2.05, 4.69) is 20.6 Å². The molecule has 9 nitrogen and oxygen atoms in total. The summed E-state index contributed by atoms with van der Waals surface area (Å²) in [4.78, 5) is 28.4. The Balaban J connectivity index is 1.41. The van der Waals surface area contributed by atoms with Crippen LogP contribution in [0.5, 0.6) is 5.75 Å². The maximum Gasteiger partial charge on any atom is 0.306 e. The normalized spacial score (nSPS) is 21.2. The lowest BCUT2D eigenvalue weighted by molar-refractivity contribution is -0.143. The number of nitrogens with zero attached hydrogens (tertiary/aromatic N) is 4. The number of amides is 1. The van der Waals surface area contributed by atoms with Crippen molar-refractivity contribution in [3.05, 3.63) is 23.5 Å². The van der Waals surface area contributed by atoms with Gasteiger partial charge < -0.3 is 15.2 Å². The molecular weight excluding hydrogens is 422 g/mol. The quantitative estimate of drug-likeness (QED) is 0.626. The molecule has 2 heterocycles. The molecule has 2 atom stereocenters. The number of aryl methyl sites for hydroxylation is 2. The van der Waals surface area contributed by atoms with Crippen LogP contribution in [0, 0.1) is 18.8 Å². The number of hydrogen-bond acceptors (Lipinski definition) is 6. The van der Waals surface area contributed by atoms with Crippen LogP contribution in [0.25, 0.3) is 11.4 Å². The molecule has 2 saturated carbocycles. The summed E-state index contributed by atoms with van der Waals surface area (Å²) in [6.45, 7) is 2.22. The minimum absolute atomic E-state index is 0.0640. The van der Waals surface area contributed by atoms with Gasteiger partial charge in [0.2, 0.25) is 5.91 Å². The third-order valence-corrected chi connectivity index (χ3v) is 6.89. The monoisotopic (exact) mass is 455 g/mol. The number of aromatic nitrogens is 4. The first-order valence-corrected chi connectivity index (χ1v) is 11.9. The van der Waals surface area contributed by atoms with Crippen LogP contribution < -0.4 is 10.1 Å². The Morgan fingerprint density at radius 1 is 1.18 bits per heavy atom. The number of ether oxygens (including phenoxy) is 1. The van der Waals surface area contributed by atoms with Gasteiger partial charge in [0.25, 0.3) is 0 Å². The van der Waals surface area contributed by atoms with Crippen LogP contribution in [0.3, 0.4) is 0 Å². The van der Waals surface area contributed by atoms with Crippen molar-refractivity contribution in [3.8, 4) is 17.1 Å². The fraction of sp³-hybridized carbons (Fsp3) is 0.625. The molecule has 33 heavy (non-hydrogen) atoms. The highest BCUT2D eigenvalue weighted by Crippen LogP contribution is 2.31.